The van der Waals surface area contributed by atoms with E-state index in [-0.39, 0.29) is 18.0 Å². The normalized spacial score (nSPS) is 10.4. The number of amides is 1. The minimum atomic E-state index is -0.451. The van der Waals surface area contributed by atoms with Gasteiger partial charge in [-0.15, -0.1) is 0 Å². The Morgan fingerprint density at radius 2 is 1.90 bits per heavy atom. The third-order valence-corrected chi connectivity index (χ3v) is 3.49. The predicted molar refractivity (Wildman–Crippen MR) is 79.9 cm³/mol. The minimum absolute atomic E-state index is 0.101. The van der Waals surface area contributed by atoms with Crippen LogP contribution in [0.4, 0.5) is 10.1 Å². The van der Waals surface area contributed by atoms with Crippen molar-refractivity contribution >= 4 is 34.8 Å². The second kappa shape index (κ2) is 6.25. The van der Waals surface area contributed by atoms with Gasteiger partial charge in [-0.3, -0.25) is 4.79 Å². The number of anilines is 1. The maximum Gasteiger partial charge on any atom is 0.228 e. The molecule has 0 radical (unpaired) electrons. The highest BCUT2D eigenvalue weighted by Crippen LogP contribution is 2.23. The number of hydrogen-bond donors (Lipinski definition) is 1. The van der Waals surface area contributed by atoms with E-state index >= 15 is 0 Å². The van der Waals surface area contributed by atoms with Crippen LogP contribution in [0, 0.1) is 12.7 Å². The summed E-state index contributed by atoms with van der Waals surface area (Å²) >= 11 is 11.7. The molecular formula is C15H12Cl2FNO. The zero-order valence-corrected chi connectivity index (χ0v) is 12.2. The van der Waals surface area contributed by atoms with Crippen LogP contribution in [0.5, 0.6) is 0 Å². The Balaban J connectivity index is 2.07. The third-order valence-electron chi connectivity index (χ3n) is 2.75. The summed E-state index contributed by atoms with van der Waals surface area (Å²) in [4.78, 5) is 11.9. The number of rotatable bonds is 3. The molecule has 1 N–H and O–H groups in total. The lowest BCUT2D eigenvalue weighted by atomic mass is 10.1. The Labute approximate surface area is 126 Å². The molecule has 0 saturated carbocycles. The van der Waals surface area contributed by atoms with Crippen molar-refractivity contribution in [3.63, 3.8) is 0 Å². The Bertz CT molecular complexity index is 658. The molecule has 0 aliphatic heterocycles. The van der Waals surface area contributed by atoms with Crippen LogP contribution in [-0.2, 0) is 11.2 Å². The molecule has 2 aromatic rings. The molecule has 0 heterocycles. The van der Waals surface area contributed by atoms with Gasteiger partial charge in [0, 0.05) is 0 Å². The van der Waals surface area contributed by atoms with Gasteiger partial charge >= 0.3 is 0 Å². The van der Waals surface area contributed by atoms with Gasteiger partial charge in [0.05, 0.1) is 22.2 Å². The number of benzene rings is 2. The van der Waals surface area contributed by atoms with E-state index in [4.69, 9.17) is 23.2 Å². The molecule has 5 heteroatoms. The second-order valence-electron chi connectivity index (χ2n) is 4.46. The van der Waals surface area contributed by atoms with E-state index in [0.717, 1.165) is 5.56 Å². The van der Waals surface area contributed by atoms with E-state index in [1.807, 2.05) is 0 Å². The zero-order valence-electron chi connectivity index (χ0n) is 10.7. The van der Waals surface area contributed by atoms with Gasteiger partial charge in [-0.2, -0.15) is 0 Å². The fraction of sp³-hybridized carbons (Fsp3) is 0.133. The van der Waals surface area contributed by atoms with Crippen molar-refractivity contribution in [1.29, 1.82) is 0 Å². The summed E-state index contributed by atoms with van der Waals surface area (Å²) < 4.78 is 13.6. The topological polar surface area (TPSA) is 29.1 Å². The molecule has 104 valence electrons. The van der Waals surface area contributed by atoms with Crippen molar-refractivity contribution in [3.05, 3.63) is 63.4 Å². The quantitative estimate of drug-likeness (QED) is 0.880. The van der Waals surface area contributed by atoms with Crippen LogP contribution in [0.25, 0.3) is 0 Å². The van der Waals surface area contributed by atoms with Gasteiger partial charge in [0.15, 0.2) is 0 Å². The molecule has 0 aliphatic rings. The standard InChI is InChI=1S/C15H12Cl2FNO/c1-9-2-5-14(13(18)6-9)19-15(20)8-10-3-4-11(16)12(17)7-10/h2-7H,8H2,1H3,(H,19,20). The van der Waals surface area contributed by atoms with Crippen LogP contribution in [0.15, 0.2) is 36.4 Å². The highest BCUT2D eigenvalue weighted by molar-refractivity contribution is 6.42. The first-order chi connectivity index (χ1) is 9.45. The van der Waals surface area contributed by atoms with Gasteiger partial charge in [0.25, 0.3) is 0 Å². The van der Waals surface area contributed by atoms with Gasteiger partial charge in [-0.1, -0.05) is 35.3 Å². The lowest BCUT2D eigenvalue weighted by molar-refractivity contribution is -0.115. The molecule has 1 amide bonds. The molecule has 20 heavy (non-hydrogen) atoms. The summed E-state index contributed by atoms with van der Waals surface area (Å²) in [5.74, 6) is -0.765. The van der Waals surface area contributed by atoms with Crippen molar-refractivity contribution in [3.8, 4) is 0 Å². The molecule has 2 nitrogen and oxygen atoms in total. The molecule has 0 bridgehead atoms. The minimum Gasteiger partial charge on any atom is -0.323 e. The van der Waals surface area contributed by atoms with Gasteiger partial charge in [0.2, 0.25) is 5.91 Å². The first kappa shape index (κ1) is 14.8. The van der Waals surface area contributed by atoms with E-state index < -0.39 is 5.82 Å². The molecule has 0 spiro atoms. The van der Waals surface area contributed by atoms with E-state index in [1.54, 1.807) is 31.2 Å². The maximum atomic E-state index is 13.6. The smallest absolute Gasteiger partial charge is 0.228 e. The molecular weight excluding hydrogens is 300 g/mol. The molecule has 0 unspecified atom stereocenters. The number of hydrogen-bond acceptors (Lipinski definition) is 1. The van der Waals surface area contributed by atoms with Crippen LogP contribution >= 0.6 is 23.2 Å². The number of carbonyl (C=O) groups excluding carboxylic acids is 1. The highest BCUT2D eigenvalue weighted by Gasteiger charge is 2.09. The lowest BCUT2D eigenvalue weighted by Gasteiger charge is -2.07. The summed E-state index contributed by atoms with van der Waals surface area (Å²) in [5.41, 5.74) is 1.68. The summed E-state index contributed by atoms with van der Waals surface area (Å²) in [6.45, 7) is 1.78. The molecule has 0 aliphatic carbocycles. The third kappa shape index (κ3) is 3.71. The predicted octanol–water partition coefficient (Wildman–Crippen LogP) is 4.62. The average molecular weight is 312 g/mol. The van der Waals surface area contributed by atoms with Crippen molar-refractivity contribution < 1.29 is 9.18 Å². The van der Waals surface area contributed by atoms with Crippen LogP contribution < -0.4 is 5.32 Å². The van der Waals surface area contributed by atoms with Gasteiger partial charge in [0.1, 0.15) is 5.82 Å². The molecule has 0 saturated heterocycles. The van der Waals surface area contributed by atoms with Gasteiger partial charge in [-0.05, 0) is 42.3 Å². The number of carbonyl (C=O) groups is 1. The van der Waals surface area contributed by atoms with Crippen LogP contribution in [-0.4, -0.2) is 5.91 Å². The van der Waals surface area contributed by atoms with Crippen molar-refractivity contribution in [2.75, 3.05) is 5.32 Å². The van der Waals surface area contributed by atoms with E-state index in [0.29, 0.717) is 15.6 Å². The van der Waals surface area contributed by atoms with Crippen LogP contribution in [0.3, 0.4) is 0 Å². The zero-order chi connectivity index (χ0) is 14.7. The average Bonchev–Trinajstić information content (AvgIpc) is 2.37. The second-order valence-corrected chi connectivity index (χ2v) is 5.27. The first-order valence-corrected chi connectivity index (χ1v) is 6.71. The number of nitrogens with one attached hydrogen (secondary N) is 1. The van der Waals surface area contributed by atoms with Gasteiger partial charge in [-0.25, -0.2) is 4.39 Å². The monoisotopic (exact) mass is 311 g/mol. The SMILES string of the molecule is Cc1ccc(NC(=O)Cc2ccc(Cl)c(Cl)c2)c(F)c1. The maximum absolute atomic E-state index is 13.6. The Hall–Kier alpha value is -1.58. The van der Waals surface area contributed by atoms with Crippen molar-refractivity contribution in [1.82, 2.24) is 0 Å². The van der Waals surface area contributed by atoms with E-state index in [2.05, 4.69) is 5.32 Å². The molecule has 0 aromatic heterocycles. The van der Waals surface area contributed by atoms with E-state index in [1.165, 1.54) is 12.1 Å². The summed E-state index contributed by atoms with van der Waals surface area (Å²) in [6.07, 6.45) is 0.101. The molecule has 2 rings (SSSR count). The van der Waals surface area contributed by atoms with Crippen molar-refractivity contribution in [2.45, 2.75) is 13.3 Å². The fourth-order valence-corrected chi connectivity index (χ4v) is 2.07. The summed E-state index contributed by atoms with van der Waals surface area (Å²) in [5, 5.41) is 3.35. The summed E-state index contributed by atoms with van der Waals surface area (Å²) in [7, 11) is 0. The first-order valence-electron chi connectivity index (χ1n) is 5.95. The van der Waals surface area contributed by atoms with Gasteiger partial charge < -0.3 is 5.32 Å². The van der Waals surface area contributed by atoms with E-state index in [9.17, 15) is 9.18 Å². The Morgan fingerprint density at radius 1 is 1.15 bits per heavy atom. The highest BCUT2D eigenvalue weighted by atomic mass is 35.5. The Morgan fingerprint density at radius 3 is 2.55 bits per heavy atom. The largest absolute Gasteiger partial charge is 0.323 e. The fourth-order valence-electron chi connectivity index (χ4n) is 1.75. The number of aryl methyl sites for hydroxylation is 1. The lowest BCUT2D eigenvalue weighted by Crippen LogP contribution is -2.15. The Kier molecular flexibility index (Phi) is 4.63. The van der Waals surface area contributed by atoms with Crippen LogP contribution in [0.1, 0.15) is 11.1 Å². The van der Waals surface area contributed by atoms with Crippen LogP contribution in [0.2, 0.25) is 10.0 Å². The number of halogens is 3. The molecule has 0 fully saturated rings. The van der Waals surface area contributed by atoms with Crippen molar-refractivity contribution in [2.24, 2.45) is 0 Å². The summed E-state index contributed by atoms with van der Waals surface area (Å²) in [6, 6.07) is 9.59. The molecule has 2 aromatic carbocycles. The molecule has 0 atom stereocenters.